The molecular weight excluding hydrogens is 372 g/mol. The van der Waals surface area contributed by atoms with Gasteiger partial charge in [-0.05, 0) is 64.1 Å². The molecule has 30 heavy (non-hydrogen) atoms. The summed E-state index contributed by atoms with van der Waals surface area (Å²) < 4.78 is 0. The summed E-state index contributed by atoms with van der Waals surface area (Å²) in [6.45, 7) is 4.40. The van der Waals surface area contributed by atoms with Crippen LogP contribution in [0.2, 0.25) is 0 Å². The highest BCUT2D eigenvalue weighted by atomic mass is 15.2. The van der Waals surface area contributed by atoms with E-state index in [1.807, 2.05) is 6.07 Å². The SMILES string of the molecule is C#C.NCC[C@@H]1CCCN1C1CCCCC1.Nc1nccc(N2CCCCCC2)n1. The molecule has 1 aromatic rings. The van der Waals surface area contributed by atoms with Gasteiger partial charge < -0.3 is 16.4 Å². The zero-order valence-corrected chi connectivity index (χ0v) is 18.7. The lowest BCUT2D eigenvalue weighted by atomic mass is 9.93. The summed E-state index contributed by atoms with van der Waals surface area (Å²) in [4.78, 5) is 13.2. The highest BCUT2D eigenvalue weighted by Gasteiger charge is 2.30. The van der Waals surface area contributed by atoms with Crippen LogP contribution >= 0.6 is 0 Å². The Morgan fingerprint density at radius 3 is 2.20 bits per heavy atom. The van der Waals surface area contributed by atoms with E-state index in [9.17, 15) is 0 Å². The number of anilines is 2. The van der Waals surface area contributed by atoms with E-state index in [1.54, 1.807) is 6.20 Å². The van der Waals surface area contributed by atoms with Crippen LogP contribution in [0.15, 0.2) is 12.3 Å². The van der Waals surface area contributed by atoms with E-state index in [2.05, 4.69) is 32.6 Å². The fraction of sp³-hybridized carbons (Fsp3) is 0.750. The van der Waals surface area contributed by atoms with Crippen LogP contribution in [-0.4, -0.2) is 53.1 Å². The topological polar surface area (TPSA) is 84.3 Å². The molecule has 0 radical (unpaired) electrons. The zero-order chi connectivity index (χ0) is 21.6. The first-order valence-corrected chi connectivity index (χ1v) is 11.9. The lowest BCUT2D eigenvalue weighted by Crippen LogP contribution is -2.41. The molecule has 0 unspecified atom stereocenters. The van der Waals surface area contributed by atoms with Crippen LogP contribution < -0.4 is 16.4 Å². The highest BCUT2D eigenvalue weighted by molar-refractivity contribution is 5.40. The summed E-state index contributed by atoms with van der Waals surface area (Å²) in [5.74, 6) is 1.34. The fourth-order valence-corrected chi connectivity index (χ4v) is 5.09. The van der Waals surface area contributed by atoms with Crippen molar-refractivity contribution in [1.29, 1.82) is 0 Å². The van der Waals surface area contributed by atoms with Gasteiger partial charge in [-0.3, -0.25) is 4.90 Å². The molecule has 3 heterocycles. The highest BCUT2D eigenvalue weighted by Crippen LogP contribution is 2.30. The quantitative estimate of drug-likeness (QED) is 0.729. The van der Waals surface area contributed by atoms with E-state index in [-0.39, 0.29) is 0 Å². The third kappa shape index (κ3) is 7.77. The van der Waals surface area contributed by atoms with Gasteiger partial charge in [-0.1, -0.05) is 32.1 Å². The number of terminal acetylenes is 1. The molecule has 1 aliphatic carbocycles. The number of rotatable bonds is 4. The molecule has 3 aliphatic rings. The van der Waals surface area contributed by atoms with Crippen molar-refractivity contribution < 1.29 is 0 Å². The molecule has 6 heteroatoms. The minimum atomic E-state index is 0.367. The Morgan fingerprint density at radius 1 is 0.900 bits per heavy atom. The molecule has 2 aliphatic heterocycles. The Bertz CT molecular complexity index is 590. The summed E-state index contributed by atoms with van der Waals surface area (Å²) in [6.07, 6.45) is 26.2. The second-order valence-corrected chi connectivity index (χ2v) is 8.58. The van der Waals surface area contributed by atoms with Gasteiger partial charge in [0, 0.05) is 31.4 Å². The van der Waals surface area contributed by atoms with Gasteiger partial charge in [0.25, 0.3) is 0 Å². The normalized spacial score (nSPS) is 22.9. The van der Waals surface area contributed by atoms with E-state index in [0.717, 1.165) is 37.5 Å². The molecule has 4 N–H and O–H groups in total. The Morgan fingerprint density at radius 2 is 1.57 bits per heavy atom. The maximum absolute atomic E-state index is 5.67. The minimum absolute atomic E-state index is 0.367. The van der Waals surface area contributed by atoms with Crippen LogP contribution in [0.4, 0.5) is 11.8 Å². The van der Waals surface area contributed by atoms with Crippen molar-refractivity contribution in [1.82, 2.24) is 14.9 Å². The van der Waals surface area contributed by atoms with Crippen molar-refractivity contribution in [3.05, 3.63) is 12.3 Å². The van der Waals surface area contributed by atoms with Crippen molar-refractivity contribution in [2.45, 2.75) is 89.1 Å². The predicted molar refractivity (Wildman–Crippen MR) is 127 cm³/mol. The summed E-state index contributed by atoms with van der Waals surface area (Å²) in [7, 11) is 0. The Balaban J connectivity index is 0.000000197. The Labute approximate surface area is 183 Å². The molecule has 0 amide bonds. The van der Waals surface area contributed by atoms with Gasteiger partial charge in [0.15, 0.2) is 0 Å². The fourth-order valence-electron chi connectivity index (χ4n) is 5.09. The molecule has 0 aromatic carbocycles. The van der Waals surface area contributed by atoms with Gasteiger partial charge in [-0.25, -0.2) is 4.98 Å². The first-order chi connectivity index (χ1) is 14.8. The van der Waals surface area contributed by atoms with E-state index >= 15 is 0 Å². The number of hydrogen-bond donors (Lipinski definition) is 2. The molecular formula is C24H42N6. The van der Waals surface area contributed by atoms with Gasteiger partial charge in [0.05, 0.1) is 0 Å². The lowest BCUT2D eigenvalue weighted by Gasteiger charge is -2.35. The van der Waals surface area contributed by atoms with E-state index in [0.29, 0.717) is 5.95 Å². The molecule has 2 saturated heterocycles. The molecule has 1 atom stereocenters. The molecule has 1 aromatic heterocycles. The second kappa shape index (κ2) is 14.2. The summed E-state index contributed by atoms with van der Waals surface area (Å²) in [5.41, 5.74) is 11.2. The number of hydrogen-bond acceptors (Lipinski definition) is 6. The Hall–Kier alpha value is -1.84. The van der Waals surface area contributed by atoms with Crippen molar-refractivity contribution in [3.8, 4) is 12.8 Å². The van der Waals surface area contributed by atoms with E-state index in [4.69, 9.17) is 11.5 Å². The molecule has 168 valence electrons. The molecule has 1 saturated carbocycles. The summed E-state index contributed by atoms with van der Waals surface area (Å²) in [5, 5.41) is 0. The second-order valence-electron chi connectivity index (χ2n) is 8.58. The maximum atomic E-state index is 5.67. The number of nitrogen functional groups attached to an aromatic ring is 1. The lowest BCUT2D eigenvalue weighted by molar-refractivity contribution is 0.138. The standard InChI is InChI=1S/C12H24N2.C10H16N4.C2H2/c13-9-8-12-7-4-10-14(12)11-5-2-1-3-6-11;11-10-12-6-5-9(13-10)14-7-3-1-2-4-8-14;1-2/h11-12H,1-10,13H2;5-6H,1-4,7-8H2,(H2,11,12,13);1-2H/t12-;;/m0../s1. The third-order valence-electron chi connectivity index (χ3n) is 6.56. The van der Waals surface area contributed by atoms with Gasteiger partial charge >= 0.3 is 0 Å². The molecule has 0 bridgehead atoms. The number of nitrogens with zero attached hydrogens (tertiary/aromatic N) is 4. The zero-order valence-electron chi connectivity index (χ0n) is 18.7. The van der Waals surface area contributed by atoms with E-state index < -0.39 is 0 Å². The van der Waals surface area contributed by atoms with Crippen molar-refractivity contribution in [2.75, 3.05) is 36.8 Å². The van der Waals surface area contributed by atoms with Gasteiger partial charge in [0.1, 0.15) is 5.82 Å². The average molecular weight is 415 g/mol. The summed E-state index contributed by atoms with van der Waals surface area (Å²) >= 11 is 0. The molecule has 4 rings (SSSR count). The van der Waals surface area contributed by atoms with Crippen LogP contribution in [0.5, 0.6) is 0 Å². The first kappa shape index (κ1) is 24.4. The van der Waals surface area contributed by atoms with Crippen molar-refractivity contribution in [3.63, 3.8) is 0 Å². The van der Waals surface area contributed by atoms with Crippen LogP contribution in [-0.2, 0) is 0 Å². The van der Waals surface area contributed by atoms with Crippen LogP contribution in [0.25, 0.3) is 0 Å². The number of likely N-dealkylation sites (tertiary alicyclic amines) is 1. The monoisotopic (exact) mass is 414 g/mol. The minimum Gasteiger partial charge on any atom is -0.368 e. The predicted octanol–water partition coefficient (Wildman–Crippen LogP) is 3.82. The largest absolute Gasteiger partial charge is 0.368 e. The van der Waals surface area contributed by atoms with E-state index in [1.165, 1.54) is 83.6 Å². The maximum Gasteiger partial charge on any atom is 0.221 e. The third-order valence-corrected chi connectivity index (χ3v) is 6.56. The van der Waals surface area contributed by atoms with Crippen molar-refractivity contribution in [2.24, 2.45) is 5.73 Å². The smallest absolute Gasteiger partial charge is 0.221 e. The first-order valence-electron chi connectivity index (χ1n) is 11.9. The molecule has 0 spiro atoms. The Kier molecular flexibility index (Phi) is 11.6. The van der Waals surface area contributed by atoms with Gasteiger partial charge in [0.2, 0.25) is 5.95 Å². The summed E-state index contributed by atoms with van der Waals surface area (Å²) in [6, 6.07) is 3.66. The average Bonchev–Trinajstić information content (AvgIpc) is 3.08. The molecule has 6 nitrogen and oxygen atoms in total. The molecule has 3 fully saturated rings. The van der Waals surface area contributed by atoms with Gasteiger partial charge in [-0.2, -0.15) is 4.98 Å². The van der Waals surface area contributed by atoms with Crippen molar-refractivity contribution >= 4 is 11.8 Å². The van der Waals surface area contributed by atoms with Gasteiger partial charge in [-0.15, -0.1) is 12.8 Å². The van der Waals surface area contributed by atoms with Crippen LogP contribution in [0, 0.1) is 12.8 Å². The number of aromatic nitrogens is 2. The van der Waals surface area contributed by atoms with Crippen LogP contribution in [0.3, 0.4) is 0 Å². The van der Waals surface area contributed by atoms with Crippen LogP contribution in [0.1, 0.15) is 77.0 Å². The number of nitrogens with two attached hydrogens (primary N) is 2.